The van der Waals surface area contributed by atoms with Crippen LogP contribution in [-0.4, -0.2) is 19.5 Å². The Morgan fingerprint density at radius 2 is 1.94 bits per heavy atom. The molecule has 0 unspecified atom stereocenters. The van der Waals surface area contributed by atoms with Crippen LogP contribution < -0.4 is 11.1 Å². The number of benzene rings is 1. The maximum Gasteiger partial charge on any atom is 0.433 e. The fourth-order valence-electron chi connectivity index (χ4n) is 3.05. The molecule has 0 aliphatic heterocycles. The van der Waals surface area contributed by atoms with E-state index < -0.39 is 28.6 Å². The van der Waals surface area contributed by atoms with E-state index in [1.54, 1.807) is 6.92 Å². The maximum atomic E-state index is 13.5. The van der Waals surface area contributed by atoms with E-state index >= 15 is 0 Å². The summed E-state index contributed by atoms with van der Waals surface area (Å²) >= 11 is 5.94. The Kier molecular flexibility index (Phi) is 6.27. The largest absolute Gasteiger partial charge is 0.433 e. The summed E-state index contributed by atoms with van der Waals surface area (Å²) in [5.74, 6) is 0.366. The second kappa shape index (κ2) is 8.73. The number of halogens is 4. The first kappa shape index (κ1) is 22.2. The summed E-state index contributed by atoms with van der Waals surface area (Å²) in [6, 6.07) is 6.35. The molecule has 11 heteroatoms. The topological polar surface area (TPSA) is 104 Å². The SMILES string of the molecule is Cc1ncc(Cn2cnc(C(F)(F)F)c(CCc3cc(Cl)cc(C#N)c3)c2=O)c(=O)[nH]1. The van der Waals surface area contributed by atoms with Crippen molar-refractivity contribution in [3.63, 3.8) is 0 Å². The van der Waals surface area contributed by atoms with Gasteiger partial charge in [-0.1, -0.05) is 11.6 Å². The van der Waals surface area contributed by atoms with Gasteiger partial charge in [0, 0.05) is 16.8 Å². The quantitative estimate of drug-likeness (QED) is 0.644. The van der Waals surface area contributed by atoms with Crippen LogP contribution in [0.1, 0.15) is 33.8 Å². The van der Waals surface area contributed by atoms with E-state index in [4.69, 9.17) is 16.9 Å². The van der Waals surface area contributed by atoms with Gasteiger partial charge < -0.3 is 4.98 Å². The average Bonchev–Trinajstić information content (AvgIpc) is 2.69. The van der Waals surface area contributed by atoms with E-state index in [0.29, 0.717) is 11.4 Å². The molecule has 1 aromatic carbocycles. The average molecular weight is 450 g/mol. The van der Waals surface area contributed by atoms with E-state index in [1.807, 2.05) is 6.07 Å². The molecule has 3 rings (SSSR count). The smallest absolute Gasteiger partial charge is 0.310 e. The van der Waals surface area contributed by atoms with Crippen LogP contribution in [-0.2, 0) is 25.6 Å². The summed E-state index contributed by atoms with van der Waals surface area (Å²) in [7, 11) is 0. The first-order valence-electron chi connectivity index (χ1n) is 8.98. The van der Waals surface area contributed by atoms with Gasteiger partial charge in [-0.05, 0) is 43.5 Å². The fourth-order valence-corrected chi connectivity index (χ4v) is 3.31. The van der Waals surface area contributed by atoms with Crippen molar-refractivity contribution in [2.75, 3.05) is 0 Å². The van der Waals surface area contributed by atoms with Crippen LogP contribution in [0.4, 0.5) is 13.2 Å². The number of nitrogens with zero attached hydrogens (tertiary/aromatic N) is 4. The molecule has 2 aromatic heterocycles. The molecule has 0 fully saturated rings. The molecule has 0 bridgehead atoms. The van der Waals surface area contributed by atoms with Gasteiger partial charge in [0.25, 0.3) is 11.1 Å². The Balaban J connectivity index is 2.00. The Morgan fingerprint density at radius 1 is 1.19 bits per heavy atom. The van der Waals surface area contributed by atoms with Gasteiger partial charge in [-0.15, -0.1) is 0 Å². The summed E-state index contributed by atoms with van der Waals surface area (Å²) in [4.78, 5) is 34.7. The molecule has 2 heterocycles. The highest BCUT2D eigenvalue weighted by atomic mass is 35.5. The van der Waals surface area contributed by atoms with Crippen LogP contribution in [0.3, 0.4) is 0 Å². The summed E-state index contributed by atoms with van der Waals surface area (Å²) in [6.07, 6.45) is -3.06. The number of aromatic nitrogens is 4. The van der Waals surface area contributed by atoms with E-state index in [9.17, 15) is 22.8 Å². The van der Waals surface area contributed by atoms with Gasteiger partial charge >= 0.3 is 6.18 Å². The number of hydrogen-bond donors (Lipinski definition) is 1. The summed E-state index contributed by atoms with van der Waals surface area (Å²) in [6.45, 7) is 1.29. The van der Waals surface area contributed by atoms with Crippen LogP contribution in [0, 0.1) is 18.3 Å². The lowest BCUT2D eigenvalue weighted by Crippen LogP contribution is -2.31. The molecule has 160 valence electrons. The number of aromatic amines is 1. The number of hydrogen-bond acceptors (Lipinski definition) is 5. The molecule has 0 saturated carbocycles. The van der Waals surface area contributed by atoms with Gasteiger partial charge in [0.2, 0.25) is 0 Å². The molecule has 0 radical (unpaired) electrons. The predicted molar refractivity (Wildman–Crippen MR) is 106 cm³/mol. The number of nitriles is 1. The summed E-state index contributed by atoms with van der Waals surface area (Å²) in [5, 5.41) is 9.29. The van der Waals surface area contributed by atoms with Crippen molar-refractivity contribution >= 4 is 11.6 Å². The Hall–Kier alpha value is -3.45. The van der Waals surface area contributed by atoms with Crippen LogP contribution in [0.25, 0.3) is 0 Å². The number of alkyl halides is 3. The molecule has 0 aliphatic rings. The van der Waals surface area contributed by atoms with Gasteiger partial charge in [-0.3, -0.25) is 14.2 Å². The lowest BCUT2D eigenvalue weighted by Gasteiger charge is -2.14. The van der Waals surface area contributed by atoms with E-state index in [1.165, 1.54) is 24.4 Å². The minimum atomic E-state index is -4.83. The van der Waals surface area contributed by atoms with Gasteiger partial charge in [0.05, 0.1) is 30.1 Å². The summed E-state index contributed by atoms with van der Waals surface area (Å²) < 4.78 is 41.3. The molecular weight excluding hydrogens is 435 g/mol. The Labute approximate surface area is 178 Å². The zero-order chi connectivity index (χ0) is 22.8. The molecule has 0 saturated heterocycles. The minimum absolute atomic E-state index is 0.0337. The highest BCUT2D eigenvalue weighted by Crippen LogP contribution is 2.29. The molecular formula is C20H15ClF3N5O2. The van der Waals surface area contributed by atoms with E-state index in [2.05, 4.69) is 15.0 Å². The molecule has 3 aromatic rings. The fraction of sp³-hybridized carbons (Fsp3) is 0.250. The Bertz CT molecular complexity index is 1290. The van der Waals surface area contributed by atoms with E-state index in [0.717, 1.165) is 10.9 Å². The lowest BCUT2D eigenvalue weighted by molar-refractivity contribution is -0.142. The van der Waals surface area contributed by atoms with Crippen molar-refractivity contribution in [1.82, 2.24) is 19.5 Å². The third-order valence-corrected chi connectivity index (χ3v) is 4.71. The second-order valence-corrected chi connectivity index (χ2v) is 7.22. The van der Waals surface area contributed by atoms with Crippen LogP contribution in [0.15, 0.2) is 40.3 Å². The number of H-pyrrole nitrogens is 1. The van der Waals surface area contributed by atoms with Crippen molar-refractivity contribution in [1.29, 1.82) is 5.26 Å². The highest BCUT2D eigenvalue weighted by Gasteiger charge is 2.36. The monoisotopic (exact) mass is 449 g/mol. The third kappa shape index (κ3) is 5.19. The molecule has 0 spiro atoms. The normalized spacial score (nSPS) is 11.4. The highest BCUT2D eigenvalue weighted by molar-refractivity contribution is 6.30. The number of aryl methyl sites for hydroxylation is 2. The standard InChI is InChI=1S/C20H15ClF3N5O2/c1-11-26-8-14(18(30)28-11)9-29-10-27-17(20(22,23)24)16(19(29)31)3-2-12-4-13(7-25)6-15(21)5-12/h4-6,8,10H,2-3,9H2,1H3,(H,26,28,30). The zero-order valence-corrected chi connectivity index (χ0v) is 16.9. The predicted octanol–water partition coefficient (Wildman–Crippen LogP) is 3.01. The maximum absolute atomic E-state index is 13.5. The third-order valence-electron chi connectivity index (χ3n) is 4.49. The van der Waals surface area contributed by atoms with Crippen LogP contribution in [0.5, 0.6) is 0 Å². The number of rotatable bonds is 5. The van der Waals surface area contributed by atoms with Gasteiger partial charge in [0.1, 0.15) is 5.82 Å². The molecule has 31 heavy (non-hydrogen) atoms. The lowest BCUT2D eigenvalue weighted by atomic mass is 10.0. The molecule has 0 amide bonds. The minimum Gasteiger partial charge on any atom is -0.310 e. The van der Waals surface area contributed by atoms with Crippen molar-refractivity contribution < 1.29 is 13.2 Å². The zero-order valence-electron chi connectivity index (χ0n) is 16.1. The molecule has 0 atom stereocenters. The van der Waals surface area contributed by atoms with Crippen LogP contribution >= 0.6 is 11.6 Å². The number of nitrogens with one attached hydrogen (secondary N) is 1. The van der Waals surface area contributed by atoms with Crippen molar-refractivity contribution in [3.05, 3.63) is 90.2 Å². The van der Waals surface area contributed by atoms with Crippen LogP contribution in [0.2, 0.25) is 5.02 Å². The molecule has 1 N–H and O–H groups in total. The van der Waals surface area contributed by atoms with Gasteiger partial charge in [-0.2, -0.15) is 18.4 Å². The van der Waals surface area contributed by atoms with Crippen molar-refractivity contribution in [2.45, 2.75) is 32.5 Å². The second-order valence-electron chi connectivity index (χ2n) is 6.79. The van der Waals surface area contributed by atoms with Gasteiger partial charge in [0.15, 0.2) is 5.69 Å². The van der Waals surface area contributed by atoms with Crippen molar-refractivity contribution in [3.8, 4) is 6.07 Å². The van der Waals surface area contributed by atoms with Crippen molar-refractivity contribution in [2.24, 2.45) is 0 Å². The molecule has 0 aliphatic carbocycles. The molecule has 7 nitrogen and oxygen atoms in total. The van der Waals surface area contributed by atoms with Gasteiger partial charge in [-0.25, -0.2) is 9.97 Å². The first-order valence-corrected chi connectivity index (χ1v) is 9.36. The van der Waals surface area contributed by atoms with E-state index in [-0.39, 0.29) is 35.5 Å². The first-order chi connectivity index (χ1) is 14.6. The summed E-state index contributed by atoms with van der Waals surface area (Å²) in [5.41, 5.74) is -2.36. The Morgan fingerprint density at radius 3 is 2.58 bits per heavy atom.